The van der Waals surface area contributed by atoms with Gasteiger partial charge in [0.1, 0.15) is 10.7 Å². The number of sulfonamides is 1. The highest BCUT2D eigenvalue weighted by atomic mass is 79.9. The molecule has 0 bridgehead atoms. The highest BCUT2D eigenvalue weighted by molar-refractivity contribution is 9.13. The Bertz CT molecular complexity index is 963. The summed E-state index contributed by atoms with van der Waals surface area (Å²) in [6.45, 7) is 1.58. The third kappa shape index (κ3) is 4.00. The van der Waals surface area contributed by atoms with Crippen LogP contribution in [0.2, 0.25) is 0 Å². The summed E-state index contributed by atoms with van der Waals surface area (Å²) in [4.78, 5) is 2.05. The minimum atomic E-state index is -3.84. The summed E-state index contributed by atoms with van der Waals surface area (Å²) in [5.41, 5.74) is 0.862. The summed E-state index contributed by atoms with van der Waals surface area (Å²) in [6, 6.07) is 7.83. The average molecular weight is 538 g/mol. The molecule has 0 N–H and O–H groups in total. The summed E-state index contributed by atoms with van der Waals surface area (Å²) >= 11 is 6.72. The van der Waals surface area contributed by atoms with Crippen molar-refractivity contribution in [3.8, 4) is 11.5 Å². The smallest absolute Gasteiger partial charge is 0.248 e. The maximum Gasteiger partial charge on any atom is 0.248 e. The van der Waals surface area contributed by atoms with Gasteiger partial charge in [-0.15, -0.1) is 0 Å². The van der Waals surface area contributed by atoms with Gasteiger partial charge < -0.3 is 14.4 Å². The van der Waals surface area contributed by atoms with Crippen molar-refractivity contribution in [2.45, 2.75) is 4.90 Å². The summed E-state index contributed by atoms with van der Waals surface area (Å²) < 4.78 is 52.8. The molecule has 1 aliphatic heterocycles. The van der Waals surface area contributed by atoms with Crippen molar-refractivity contribution in [3.05, 3.63) is 45.1 Å². The number of nitrogens with zero attached hydrogens (tertiary/aromatic N) is 2. The van der Waals surface area contributed by atoms with Gasteiger partial charge in [-0.25, -0.2) is 12.8 Å². The lowest BCUT2D eigenvalue weighted by atomic mass is 10.2. The Morgan fingerprint density at radius 2 is 1.61 bits per heavy atom. The molecule has 3 rings (SSSR count). The first-order chi connectivity index (χ1) is 13.3. The van der Waals surface area contributed by atoms with Crippen LogP contribution in [0.4, 0.5) is 10.1 Å². The summed E-state index contributed by atoms with van der Waals surface area (Å²) in [5, 5.41) is 0. The normalized spacial score (nSPS) is 15.5. The van der Waals surface area contributed by atoms with Gasteiger partial charge in [0, 0.05) is 36.3 Å². The number of benzene rings is 2. The fourth-order valence-corrected chi connectivity index (χ4v) is 6.21. The predicted octanol–water partition coefficient (Wildman–Crippen LogP) is 3.88. The Hall–Kier alpha value is -1.36. The second kappa shape index (κ2) is 8.56. The molecule has 1 fully saturated rings. The van der Waals surface area contributed by atoms with Gasteiger partial charge in [0.25, 0.3) is 0 Å². The number of rotatable bonds is 5. The van der Waals surface area contributed by atoms with Gasteiger partial charge in [-0.05, 0) is 62.2 Å². The van der Waals surface area contributed by atoms with Gasteiger partial charge in [-0.3, -0.25) is 0 Å². The molecular formula is C18H19Br2FN2O4S. The van der Waals surface area contributed by atoms with Crippen LogP contribution in [0.25, 0.3) is 0 Å². The van der Waals surface area contributed by atoms with Gasteiger partial charge in [0.15, 0.2) is 11.5 Å². The lowest BCUT2D eigenvalue weighted by Crippen LogP contribution is -2.48. The molecule has 0 saturated carbocycles. The van der Waals surface area contributed by atoms with E-state index >= 15 is 0 Å². The van der Waals surface area contributed by atoms with E-state index in [4.69, 9.17) is 9.47 Å². The first kappa shape index (κ1) is 21.4. The Morgan fingerprint density at radius 3 is 2.14 bits per heavy atom. The van der Waals surface area contributed by atoms with E-state index in [0.717, 1.165) is 5.69 Å². The molecule has 0 spiro atoms. The number of anilines is 1. The number of hydrogen-bond donors (Lipinski definition) is 0. The Kier molecular flexibility index (Phi) is 6.53. The second-order valence-electron chi connectivity index (χ2n) is 6.10. The molecule has 2 aromatic carbocycles. The van der Waals surface area contributed by atoms with Crippen LogP contribution in [0, 0.1) is 5.82 Å². The van der Waals surface area contributed by atoms with E-state index in [2.05, 4.69) is 31.9 Å². The van der Waals surface area contributed by atoms with E-state index < -0.39 is 10.0 Å². The molecule has 0 aliphatic carbocycles. The fourth-order valence-electron chi connectivity index (χ4n) is 3.11. The van der Waals surface area contributed by atoms with Gasteiger partial charge in [-0.2, -0.15) is 4.31 Å². The molecule has 0 radical (unpaired) electrons. The fraction of sp³-hybridized carbons (Fsp3) is 0.333. The van der Waals surface area contributed by atoms with Crippen LogP contribution in [-0.4, -0.2) is 53.1 Å². The zero-order chi connectivity index (χ0) is 20.5. The maximum atomic E-state index is 13.4. The van der Waals surface area contributed by atoms with E-state index in [1.54, 1.807) is 18.2 Å². The zero-order valence-corrected chi connectivity index (χ0v) is 19.3. The van der Waals surface area contributed by atoms with E-state index in [-0.39, 0.29) is 16.5 Å². The molecule has 10 heteroatoms. The third-order valence-electron chi connectivity index (χ3n) is 4.55. The van der Waals surface area contributed by atoms with Gasteiger partial charge in [0.2, 0.25) is 10.0 Å². The molecule has 1 heterocycles. The third-order valence-corrected chi connectivity index (χ3v) is 8.74. The molecule has 1 aliphatic rings. The number of piperazine rings is 1. The lowest BCUT2D eigenvalue weighted by Gasteiger charge is -2.35. The summed E-state index contributed by atoms with van der Waals surface area (Å²) in [6.07, 6.45) is 0. The highest BCUT2D eigenvalue weighted by Gasteiger charge is 2.35. The van der Waals surface area contributed by atoms with Crippen molar-refractivity contribution in [3.63, 3.8) is 0 Å². The van der Waals surface area contributed by atoms with Gasteiger partial charge in [0.05, 0.1) is 18.7 Å². The first-order valence-corrected chi connectivity index (χ1v) is 11.4. The molecular weight excluding hydrogens is 519 g/mol. The zero-order valence-electron chi connectivity index (χ0n) is 15.3. The number of halogens is 3. The quantitative estimate of drug-likeness (QED) is 0.579. The summed E-state index contributed by atoms with van der Waals surface area (Å²) in [5.74, 6) is 0.171. The van der Waals surface area contributed by atoms with Crippen LogP contribution in [0.15, 0.2) is 44.2 Å². The molecule has 1 saturated heterocycles. The van der Waals surface area contributed by atoms with Crippen molar-refractivity contribution in [1.29, 1.82) is 0 Å². The molecule has 6 nitrogen and oxygen atoms in total. The topological polar surface area (TPSA) is 59.1 Å². The second-order valence-corrected chi connectivity index (χ2v) is 9.63. The maximum absolute atomic E-state index is 13.4. The van der Waals surface area contributed by atoms with Crippen LogP contribution in [-0.2, 0) is 10.0 Å². The van der Waals surface area contributed by atoms with Crippen LogP contribution in [0.5, 0.6) is 11.5 Å². The Balaban J connectivity index is 1.89. The summed E-state index contributed by atoms with van der Waals surface area (Å²) in [7, 11) is -0.977. The monoisotopic (exact) mass is 536 g/mol. The predicted molar refractivity (Wildman–Crippen MR) is 112 cm³/mol. The lowest BCUT2D eigenvalue weighted by molar-refractivity contribution is 0.341. The van der Waals surface area contributed by atoms with Crippen LogP contribution in [0.3, 0.4) is 0 Å². The highest BCUT2D eigenvalue weighted by Crippen LogP contribution is 2.45. The van der Waals surface area contributed by atoms with Crippen molar-refractivity contribution >= 4 is 47.6 Å². The minimum absolute atomic E-state index is 0.0245. The van der Waals surface area contributed by atoms with Crippen LogP contribution in [0.1, 0.15) is 0 Å². The minimum Gasteiger partial charge on any atom is -0.493 e. The largest absolute Gasteiger partial charge is 0.493 e. The molecule has 0 atom stereocenters. The van der Waals surface area contributed by atoms with Crippen LogP contribution >= 0.6 is 31.9 Å². The van der Waals surface area contributed by atoms with E-state index in [1.807, 2.05) is 4.90 Å². The number of methoxy groups -OCH3 is 2. The van der Waals surface area contributed by atoms with E-state index in [9.17, 15) is 12.8 Å². The molecule has 0 unspecified atom stereocenters. The van der Waals surface area contributed by atoms with E-state index in [0.29, 0.717) is 40.9 Å². The van der Waals surface area contributed by atoms with Crippen molar-refractivity contribution in [2.75, 3.05) is 45.3 Å². The van der Waals surface area contributed by atoms with Gasteiger partial charge in [-0.1, -0.05) is 0 Å². The van der Waals surface area contributed by atoms with Gasteiger partial charge >= 0.3 is 0 Å². The molecule has 28 heavy (non-hydrogen) atoms. The molecule has 0 aromatic heterocycles. The first-order valence-electron chi connectivity index (χ1n) is 8.40. The number of hydrogen-bond acceptors (Lipinski definition) is 5. The van der Waals surface area contributed by atoms with Crippen LogP contribution < -0.4 is 14.4 Å². The number of ether oxygens (including phenoxy) is 2. The SMILES string of the molecule is COc1cc(Br)c(Br)c(S(=O)(=O)N2CCN(c3ccc(F)cc3)CC2)c1OC. The Labute approximate surface area is 180 Å². The van der Waals surface area contributed by atoms with Crippen molar-refractivity contribution in [2.24, 2.45) is 0 Å². The molecule has 2 aromatic rings. The average Bonchev–Trinajstić information content (AvgIpc) is 2.70. The molecule has 152 valence electrons. The van der Waals surface area contributed by atoms with Crippen molar-refractivity contribution in [1.82, 2.24) is 4.31 Å². The van der Waals surface area contributed by atoms with Crippen molar-refractivity contribution < 1.29 is 22.3 Å². The van der Waals surface area contributed by atoms with E-state index in [1.165, 1.54) is 30.7 Å². The molecule has 0 amide bonds. The standard InChI is InChI=1S/C18H19Br2FN2O4S/c1-26-15-11-14(19)16(20)18(17(15)27-2)28(24,25)23-9-7-22(8-10-23)13-5-3-12(21)4-6-13/h3-6,11H,7-10H2,1-2H3. The Morgan fingerprint density at radius 1 is 1.00 bits per heavy atom.